The standard InChI is InChI=1S/C18H22N2O3/c1-12-6-4-5-7-15(12)17(20(2)3)18(23)19-11-13-8-9-14(21)10-16(13)22/h4-10,17,21-22H,11H2,1-3H3,(H,19,23)/t17-/m0/s1. The first-order valence-electron chi connectivity index (χ1n) is 7.40. The maximum absolute atomic E-state index is 12.6. The molecule has 0 aromatic heterocycles. The molecule has 3 N–H and O–H groups in total. The highest BCUT2D eigenvalue weighted by molar-refractivity contribution is 5.83. The highest BCUT2D eigenvalue weighted by atomic mass is 16.3. The second-order valence-corrected chi connectivity index (χ2v) is 5.75. The zero-order chi connectivity index (χ0) is 17.0. The van der Waals surface area contributed by atoms with Crippen LogP contribution in [0.3, 0.4) is 0 Å². The van der Waals surface area contributed by atoms with Crippen molar-refractivity contribution >= 4 is 5.91 Å². The number of nitrogens with zero attached hydrogens (tertiary/aromatic N) is 1. The fourth-order valence-corrected chi connectivity index (χ4v) is 2.53. The largest absolute Gasteiger partial charge is 0.508 e. The monoisotopic (exact) mass is 314 g/mol. The van der Waals surface area contributed by atoms with E-state index in [2.05, 4.69) is 5.32 Å². The summed E-state index contributed by atoms with van der Waals surface area (Å²) >= 11 is 0. The maximum atomic E-state index is 12.6. The first-order chi connectivity index (χ1) is 10.9. The van der Waals surface area contributed by atoms with Crippen molar-refractivity contribution in [3.8, 4) is 11.5 Å². The molecular formula is C18H22N2O3. The molecule has 2 rings (SSSR count). The van der Waals surface area contributed by atoms with Crippen molar-refractivity contribution in [2.24, 2.45) is 0 Å². The summed E-state index contributed by atoms with van der Waals surface area (Å²) in [5.74, 6) is -0.192. The lowest BCUT2D eigenvalue weighted by Crippen LogP contribution is -2.37. The molecule has 0 spiro atoms. The van der Waals surface area contributed by atoms with Gasteiger partial charge >= 0.3 is 0 Å². The number of amides is 1. The average Bonchev–Trinajstić information content (AvgIpc) is 2.48. The Balaban J connectivity index is 2.15. The summed E-state index contributed by atoms with van der Waals surface area (Å²) < 4.78 is 0. The lowest BCUT2D eigenvalue weighted by molar-refractivity contribution is -0.126. The topological polar surface area (TPSA) is 72.8 Å². The van der Waals surface area contributed by atoms with Crippen LogP contribution in [0.25, 0.3) is 0 Å². The van der Waals surface area contributed by atoms with Gasteiger partial charge in [-0.2, -0.15) is 0 Å². The van der Waals surface area contributed by atoms with Crippen LogP contribution in [-0.4, -0.2) is 35.1 Å². The van der Waals surface area contributed by atoms with E-state index in [0.29, 0.717) is 5.56 Å². The molecule has 23 heavy (non-hydrogen) atoms. The van der Waals surface area contributed by atoms with Crippen LogP contribution in [0.4, 0.5) is 0 Å². The van der Waals surface area contributed by atoms with Gasteiger partial charge in [-0.3, -0.25) is 9.69 Å². The Morgan fingerprint density at radius 3 is 2.48 bits per heavy atom. The van der Waals surface area contributed by atoms with Crippen molar-refractivity contribution in [3.63, 3.8) is 0 Å². The van der Waals surface area contributed by atoms with Gasteiger partial charge in [0.15, 0.2) is 0 Å². The molecule has 1 atom stereocenters. The molecule has 0 saturated carbocycles. The fourth-order valence-electron chi connectivity index (χ4n) is 2.53. The molecule has 2 aromatic carbocycles. The summed E-state index contributed by atoms with van der Waals surface area (Å²) in [5.41, 5.74) is 2.55. The number of likely N-dealkylation sites (N-methyl/N-ethyl adjacent to an activating group) is 1. The van der Waals surface area contributed by atoms with Crippen molar-refractivity contribution in [2.75, 3.05) is 14.1 Å². The van der Waals surface area contributed by atoms with Gasteiger partial charge in [-0.1, -0.05) is 24.3 Å². The highest BCUT2D eigenvalue weighted by Gasteiger charge is 2.24. The minimum Gasteiger partial charge on any atom is -0.508 e. The summed E-state index contributed by atoms with van der Waals surface area (Å²) in [4.78, 5) is 14.5. The van der Waals surface area contributed by atoms with Crippen molar-refractivity contribution in [3.05, 3.63) is 59.2 Å². The van der Waals surface area contributed by atoms with E-state index < -0.39 is 6.04 Å². The van der Waals surface area contributed by atoms with Crippen LogP contribution in [-0.2, 0) is 11.3 Å². The Hall–Kier alpha value is -2.53. The lowest BCUT2D eigenvalue weighted by Gasteiger charge is -2.25. The molecule has 0 unspecified atom stereocenters. The minimum atomic E-state index is -0.407. The van der Waals surface area contributed by atoms with E-state index in [1.165, 1.54) is 12.1 Å². The Kier molecular flexibility index (Phi) is 5.24. The van der Waals surface area contributed by atoms with Crippen LogP contribution >= 0.6 is 0 Å². The number of carbonyl (C=O) groups excluding carboxylic acids is 1. The fraction of sp³-hybridized carbons (Fsp3) is 0.278. The van der Waals surface area contributed by atoms with Gasteiger partial charge in [0.25, 0.3) is 0 Å². The van der Waals surface area contributed by atoms with Gasteiger partial charge in [-0.05, 0) is 44.3 Å². The second-order valence-electron chi connectivity index (χ2n) is 5.75. The molecule has 5 heteroatoms. The van der Waals surface area contributed by atoms with E-state index in [0.717, 1.165) is 11.1 Å². The molecule has 0 saturated heterocycles. The van der Waals surface area contributed by atoms with E-state index in [1.54, 1.807) is 6.07 Å². The summed E-state index contributed by atoms with van der Waals surface area (Å²) in [6.07, 6.45) is 0. The van der Waals surface area contributed by atoms with E-state index in [9.17, 15) is 15.0 Å². The number of rotatable bonds is 5. The van der Waals surface area contributed by atoms with Crippen LogP contribution < -0.4 is 5.32 Å². The smallest absolute Gasteiger partial charge is 0.242 e. The number of phenolic OH excluding ortho intramolecular Hbond substituents is 2. The van der Waals surface area contributed by atoms with Gasteiger partial charge in [-0.25, -0.2) is 0 Å². The molecule has 0 aliphatic carbocycles. The summed E-state index contributed by atoms with van der Waals surface area (Å²) in [6.45, 7) is 2.17. The summed E-state index contributed by atoms with van der Waals surface area (Å²) in [7, 11) is 3.71. The van der Waals surface area contributed by atoms with Crippen LogP contribution in [0.15, 0.2) is 42.5 Å². The van der Waals surface area contributed by atoms with Gasteiger partial charge < -0.3 is 15.5 Å². The van der Waals surface area contributed by atoms with Gasteiger partial charge in [0.1, 0.15) is 17.5 Å². The first kappa shape index (κ1) is 16.8. The zero-order valence-electron chi connectivity index (χ0n) is 13.6. The van der Waals surface area contributed by atoms with Gasteiger partial charge in [0, 0.05) is 18.2 Å². The predicted octanol–water partition coefficient (Wildman–Crippen LogP) is 2.33. The number of aromatic hydroxyl groups is 2. The number of carbonyl (C=O) groups is 1. The number of nitrogens with one attached hydrogen (secondary N) is 1. The normalized spacial score (nSPS) is 12.2. The average molecular weight is 314 g/mol. The Bertz CT molecular complexity index is 698. The first-order valence-corrected chi connectivity index (χ1v) is 7.40. The van der Waals surface area contributed by atoms with Crippen molar-refractivity contribution in [1.82, 2.24) is 10.2 Å². The van der Waals surface area contributed by atoms with E-state index in [4.69, 9.17) is 0 Å². The van der Waals surface area contributed by atoms with E-state index in [-0.39, 0.29) is 24.0 Å². The predicted molar refractivity (Wildman–Crippen MR) is 89.2 cm³/mol. The number of hydrogen-bond acceptors (Lipinski definition) is 4. The van der Waals surface area contributed by atoms with Crippen LogP contribution in [0.5, 0.6) is 11.5 Å². The highest BCUT2D eigenvalue weighted by Crippen LogP contribution is 2.24. The van der Waals surface area contributed by atoms with Crippen molar-refractivity contribution in [2.45, 2.75) is 19.5 Å². The molecule has 1 amide bonds. The quantitative estimate of drug-likeness (QED) is 0.792. The zero-order valence-corrected chi connectivity index (χ0v) is 13.6. The third kappa shape index (κ3) is 4.02. The molecule has 0 aliphatic rings. The second kappa shape index (κ2) is 7.15. The lowest BCUT2D eigenvalue weighted by atomic mass is 9.99. The number of phenols is 2. The molecule has 5 nitrogen and oxygen atoms in total. The molecule has 0 fully saturated rings. The van der Waals surface area contributed by atoms with Gasteiger partial charge in [0.05, 0.1) is 0 Å². The van der Waals surface area contributed by atoms with E-state index in [1.807, 2.05) is 50.2 Å². The number of hydrogen-bond donors (Lipinski definition) is 3. The molecule has 122 valence electrons. The number of aryl methyl sites for hydroxylation is 1. The number of benzene rings is 2. The Morgan fingerprint density at radius 2 is 1.87 bits per heavy atom. The third-order valence-corrected chi connectivity index (χ3v) is 3.77. The van der Waals surface area contributed by atoms with Crippen molar-refractivity contribution in [1.29, 1.82) is 0 Å². The minimum absolute atomic E-state index is 0.0105. The molecule has 0 heterocycles. The van der Waals surface area contributed by atoms with Crippen LogP contribution in [0.2, 0.25) is 0 Å². The van der Waals surface area contributed by atoms with Crippen LogP contribution in [0.1, 0.15) is 22.7 Å². The summed E-state index contributed by atoms with van der Waals surface area (Å²) in [6, 6.07) is 11.7. The van der Waals surface area contributed by atoms with Gasteiger partial charge in [0.2, 0.25) is 5.91 Å². The molecule has 0 aliphatic heterocycles. The Morgan fingerprint density at radius 1 is 1.17 bits per heavy atom. The molecule has 0 radical (unpaired) electrons. The molecular weight excluding hydrogens is 292 g/mol. The van der Waals surface area contributed by atoms with E-state index >= 15 is 0 Å². The maximum Gasteiger partial charge on any atom is 0.242 e. The SMILES string of the molecule is Cc1ccccc1[C@@H](C(=O)NCc1ccc(O)cc1O)N(C)C. The molecule has 2 aromatic rings. The summed E-state index contributed by atoms with van der Waals surface area (Å²) in [5, 5.41) is 21.9. The van der Waals surface area contributed by atoms with Gasteiger partial charge in [-0.15, -0.1) is 0 Å². The molecule has 0 bridgehead atoms. The third-order valence-electron chi connectivity index (χ3n) is 3.77. The van der Waals surface area contributed by atoms with Crippen LogP contribution in [0, 0.1) is 6.92 Å². The van der Waals surface area contributed by atoms with Crippen molar-refractivity contribution < 1.29 is 15.0 Å². The Labute approximate surface area is 136 Å².